The van der Waals surface area contributed by atoms with Gasteiger partial charge in [-0.1, -0.05) is 13.8 Å². The van der Waals surface area contributed by atoms with Crippen LogP contribution >= 0.6 is 0 Å². The second-order valence-electron chi connectivity index (χ2n) is 3.28. The third-order valence-electron chi connectivity index (χ3n) is 1.45. The third kappa shape index (κ3) is 5.47. The first-order chi connectivity index (χ1) is 5.88. The molecule has 1 unspecified atom stereocenters. The number of rotatable bonds is 4. The molecule has 0 aliphatic heterocycles. The van der Waals surface area contributed by atoms with E-state index in [9.17, 15) is 13.2 Å². The van der Waals surface area contributed by atoms with E-state index in [4.69, 9.17) is 5.26 Å². The molecule has 76 valence electrons. The van der Waals surface area contributed by atoms with Gasteiger partial charge in [0.1, 0.15) is 0 Å². The Morgan fingerprint density at radius 3 is 2.15 bits per heavy atom. The second-order valence-corrected chi connectivity index (χ2v) is 3.28. The maximum absolute atomic E-state index is 12.0. The van der Waals surface area contributed by atoms with Crippen LogP contribution in [0, 0.1) is 23.2 Å². The molecule has 0 saturated carbocycles. The van der Waals surface area contributed by atoms with Crippen LogP contribution in [0.4, 0.5) is 13.2 Å². The fraction of sp³-hybridized carbons (Fsp3) is 0.875. The van der Waals surface area contributed by atoms with Crippen molar-refractivity contribution in [3.8, 4) is 6.07 Å². The van der Waals surface area contributed by atoms with Crippen molar-refractivity contribution in [1.29, 1.82) is 5.26 Å². The van der Waals surface area contributed by atoms with Gasteiger partial charge in [-0.15, -0.1) is 0 Å². The van der Waals surface area contributed by atoms with E-state index in [-0.39, 0.29) is 12.5 Å². The molecule has 1 N–H and O–H groups in total. The Balaban J connectivity index is 3.83. The highest BCUT2D eigenvalue weighted by atomic mass is 19.4. The molecule has 0 aliphatic rings. The van der Waals surface area contributed by atoms with Crippen LogP contribution < -0.4 is 5.32 Å². The van der Waals surface area contributed by atoms with Gasteiger partial charge in [-0.3, -0.25) is 0 Å². The number of nitriles is 1. The van der Waals surface area contributed by atoms with Crippen LogP contribution in [0.2, 0.25) is 0 Å². The molecule has 1 atom stereocenters. The Labute approximate surface area is 75.7 Å². The highest BCUT2D eigenvalue weighted by Crippen LogP contribution is 2.24. The van der Waals surface area contributed by atoms with Gasteiger partial charge in [0.15, 0.2) is 5.92 Å². The van der Waals surface area contributed by atoms with Crippen molar-refractivity contribution in [2.24, 2.45) is 11.8 Å². The number of alkyl halides is 3. The highest BCUT2D eigenvalue weighted by Gasteiger charge is 2.39. The maximum atomic E-state index is 12.0. The predicted octanol–water partition coefficient (Wildman–Crippen LogP) is 1.93. The SMILES string of the molecule is CC(C)CNCC(C#N)C(F)(F)F. The van der Waals surface area contributed by atoms with E-state index in [0.29, 0.717) is 6.54 Å². The van der Waals surface area contributed by atoms with Gasteiger partial charge in [-0.2, -0.15) is 18.4 Å². The minimum atomic E-state index is -4.42. The number of hydrogen-bond donors (Lipinski definition) is 1. The summed E-state index contributed by atoms with van der Waals surface area (Å²) in [5.74, 6) is -1.61. The lowest BCUT2D eigenvalue weighted by molar-refractivity contribution is -0.157. The smallest absolute Gasteiger partial charge is 0.315 e. The fourth-order valence-corrected chi connectivity index (χ4v) is 0.751. The van der Waals surface area contributed by atoms with Gasteiger partial charge in [0.25, 0.3) is 0 Å². The first kappa shape index (κ1) is 12.2. The quantitative estimate of drug-likeness (QED) is 0.742. The van der Waals surface area contributed by atoms with Crippen LogP contribution in [-0.4, -0.2) is 19.3 Å². The lowest BCUT2D eigenvalue weighted by Crippen LogP contribution is -2.34. The Bertz CT molecular complexity index is 181. The lowest BCUT2D eigenvalue weighted by Gasteiger charge is -2.14. The van der Waals surface area contributed by atoms with Crippen molar-refractivity contribution in [2.75, 3.05) is 13.1 Å². The van der Waals surface area contributed by atoms with E-state index in [2.05, 4.69) is 5.32 Å². The molecule has 0 aliphatic carbocycles. The van der Waals surface area contributed by atoms with Crippen LogP contribution in [0.15, 0.2) is 0 Å². The number of halogens is 3. The second kappa shape index (κ2) is 5.07. The summed E-state index contributed by atoms with van der Waals surface area (Å²) in [4.78, 5) is 0. The van der Waals surface area contributed by atoms with E-state index in [1.807, 2.05) is 13.8 Å². The van der Waals surface area contributed by atoms with E-state index < -0.39 is 12.1 Å². The average Bonchev–Trinajstić information content (AvgIpc) is 1.95. The first-order valence-corrected chi connectivity index (χ1v) is 4.05. The summed E-state index contributed by atoms with van der Waals surface area (Å²) < 4.78 is 35.9. The van der Waals surface area contributed by atoms with Gasteiger partial charge in [0.2, 0.25) is 0 Å². The lowest BCUT2D eigenvalue weighted by atomic mass is 10.1. The summed E-state index contributed by atoms with van der Waals surface area (Å²) in [7, 11) is 0. The van der Waals surface area contributed by atoms with E-state index in [1.54, 1.807) is 0 Å². The minimum absolute atomic E-state index is 0.285. The zero-order valence-electron chi connectivity index (χ0n) is 7.65. The Kier molecular flexibility index (Phi) is 4.78. The fourth-order valence-electron chi connectivity index (χ4n) is 0.751. The van der Waals surface area contributed by atoms with Gasteiger partial charge in [-0.05, 0) is 12.5 Å². The van der Waals surface area contributed by atoms with Gasteiger partial charge >= 0.3 is 6.18 Å². The van der Waals surface area contributed by atoms with Crippen molar-refractivity contribution in [1.82, 2.24) is 5.32 Å². The van der Waals surface area contributed by atoms with Crippen LogP contribution in [0.25, 0.3) is 0 Å². The Hall–Kier alpha value is -0.760. The molecule has 2 nitrogen and oxygen atoms in total. The molecule has 0 fully saturated rings. The van der Waals surface area contributed by atoms with Crippen molar-refractivity contribution < 1.29 is 13.2 Å². The molecule has 0 amide bonds. The zero-order valence-corrected chi connectivity index (χ0v) is 7.65. The largest absolute Gasteiger partial charge is 0.405 e. The number of nitrogens with one attached hydrogen (secondary N) is 1. The molecular formula is C8H13F3N2. The summed E-state index contributed by atoms with van der Waals surface area (Å²) in [6.07, 6.45) is -4.42. The van der Waals surface area contributed by atoms with Crippen molar-refractivity contribution in [2.45, 2.75) is 20.0 Å². The Morgan fingerprint density at radius 2 is 1.85 bits per heavy atom. The summed E-state index contributed by atoms with van der Waals surface area (Å²) >= 11 is 0. The van der Waals surface area contributed by atoms with Gasteiger partial charge in [0.05, 0.1) is 6.07 Å². The van der Waals surface area contributed by atoms with Crippen LogP contribution in [-0.2, 0) is 0 Å². The van der Waals surface area contributed by atoms with Crippen molar-refractivity contribution in [3.05, 3.63) is 0 Å². The van der Waals surface area contributed by atoms with Crippen LogP contribution in [0.1, 0.15) is 13.8 Å². The molecule has 0 rings (SSSR count). The van der Waals surface area contributed by atoms with E-state index in [1.165, 1.54) is 6.07 Å². The molecule has 0 radical (unpaired) electrons. The van der Waals surface area contributed by atoms with Crippen LogP contribution in [0.3, 0.4) is 0 Å². The molecule has 0 bridgehead atoms. The van der Waals surface area contributed by atoms with Gasteiger partial charge < -0.3 is 5.32 Å². The molecule has 5 heteroatoms. The predicted molar refractivity (Wildman–Crippen MR) is 42.9 cm³/mol. The van der Waals surface area contributed by atoms with Gasteiger partial charge in [0, 0.05) is 6.54 Å². The normalized spacial score (nSPS) is 14.2. The third-order valence-corrected chi connectivity index (χ3v) is 1.45. The summed E-state index contributed by atoms with van der Waals surface area (Å²) in [5, 5.41) is 10.8. The number of hydrogen-bond acceptors (Lipinski definition) is 2. The molecule has 0 aromatic rings. The standard InChI is InChI=1S/C8H13F3N2/c1-6(2)4-13-5-7(3-12)8(9,10)11/h6-7,13H,4-5H2,1-2H3. The zero-order chi connectivity index (χ0) is 10.5. The van der Waals surface area contributed by atoms with Gasteiger partial charge in [-0.25, -0.2) is 0 Å². The summed E-state index contributed by atoms with van der Waals surface area (Å²) in [5.41, 5.74) is 0. The van der Waals surface area contributed by atoms with E-state index >= 15 is 0 Å². The van der Waals surface area contributed by atoms with Crippen molar-refractivity contribution >= 4 is 0 Å². The molecule has 0 aromatic carbocycles. The molecular weight excluding hydrogens is 181 g/mol. The minimum Gasteiger partial charge on any atom is -0.315 e. The highest BCUT2D eigenvalue weighted by molar-refractivity contribution is 4.89. The summed E-state index contributed by atoms with van der Waals surface area (Å²) in [6, 6.07) is 1.23. The van der Waals surface area contributed by atoms with E-state index in [0.717, 1.165) is 0 Å². The molecule has 0 saturated heterocycles. The average molecular weight is 194 g/mol. The monoisotopic (exact) mass is 194 g/mol. The molecule has 13 heavy (non-hydrogen) atoms. The topological polar surface area (TPSA) is 35.8 Å². The molecule has 0 heterocycles. The molecule has 0 spiro atoms. The first-order valence-electron chi connectivity index (χ1n) is 4.05. The Morgan fingerprint density at radius 1 is 1.31 bits per heavy atom. The summed E-state index contributed by atoms with van der Waals surface area (Å²) in [6.45, 7) is 3.95. The van der Waals surface area contributed by atoms with Crippen molar-refractivity contribution in [3.63, 3.8) is 0 Å². The maximum Gasteiger partial charge on any atom is 0.405 e. The van der Waals surface area contributed by atoms with Crippen LogP contribution in [0.5, 0.6) is 0 Å². The molecule has 0 aromatic heterocycles. The number of nitrogens with zero attached hydrogens (tertiary/aromatic N) is 1.